The van der Waals surface area contributed by atoms with Crippen LogP contribution in [0, 0.1) is 56.7 Å². The molecule has 0 heterocycles. The third-order valence-electron chi connectivity index (χ3n) is 16.7. The van der Waals surface area contributed by atoms with Crippen molar-refractivity contribution >= 4 is 23.9 Å². The van der Waals surface area contributed by atoms with Gasteiger partial charge in [-0.05, 0) is 141 Å². The first-order valence-electron chi connectivity index (χ1n) is 20.1. The van der Waals surface area contributed by atoms with E-state index < -0.39 is 23.9 Å². The number of hydrogen-bond donors (Lipinski definition) is 2. The third-order valence-corrected chi connectivity index (χ3v) is 16.7. The first-order chi connectivity index (χ1) is 25.4. The highest BCUT2D eigenvalue weighted by atomic mass is 16.5. The number of carboxylic acid groups (broad SMARTS) is 2. The van der Waals surface area contributed by atoms with Crippen LogP contribution in [-0.2, 0) is 9.47 Å². The summed E-state index contributed by atoms with van der Waals surface area (Å²) in [6.07, 6.45) is 9.77. The van der Waals surface area contributed by atoms with Crippen molar-refractivity contribution in [2.45, 2.75) is 112 Å². The highest BCUT2D eigenvalue weighted by Gasteiger charge is 2.71. The van der Waals surface area contributed by atoms with Crippen LogP contribution >= 0.6 is 0 Å². The van der Waals surface area contributed by atoms with Gasteiger partial charge < -0.3 is 19.7 Å². The minimum absolute atomic E-state index is 0.0336. The number of aromatic carboxylic acids is 2. The van der Waals surface area contributed by atoms with Gasteiger partial charge in [0.25, 0.3) is 0 Å². The van der Waals surface area contributed by atoms with E-state index in [0.29, 0.717) is 36.2 Å². The Morgan fingerprint density at radius 2 is 1.28 bits per heavy atom. The number of carbonyl (C=O) groups is 4. The number of ether oxygens (including phenoxy) is 2. The normalized spacial score (nSPS) is 37.7. The maximum absolute atomic E-state index is 13.5. The molecular formula is C46H58O8. The summed E-state index contributed by atoms with van der Waals surface area (Å²) < 4.78 is 12.4. The SMILES string of the molecule is C=C(C)[C@@H]1CC[C@@]2(COC(=O)c3ccccc3C(=O)O)CC[C@]3(C)[C@H](CC[C@H]4[C@@]5(C)CC[C@H](OC(=O)c6ccccc6C(=O)O)C(C)(C)[C@H]5CC[C@@]43C)[C@@H]12. The molecule has 5 fully saturated rings. The van der Waals surface area contributed by atoms with Crippen LogP contribution in [0.1, 0.15) is 147 Å². The van der Waals surface area contributed by atoms with Crippen molar-refractivity contribution in [3.63, 3.8) is 0 Å². The molecule has 0 amide bonds. The minimum atomic E-state index is -1.14. The van der Waals surface area contributed by atoms with Crippen LogP contribution in [0.4, 0.5) is 0 Å². The molecule has 0 radical (unpaired) electrons. The molecule has 0 spiro atoms. The number of carbonyl (C=O) groups excluding carboxylic acids is 2. The van der Waals surface area contributed by atoms with Gasteiger partial charge in [-0.15, -0.1) is 0 Å². The Kier molecular flexibility index (Phi) is 9.49. The summed E-state index contributed by atoms with van der Waals surface area (Å²) in [5.74, 6) is -1.43. The first-order valence-corrected chi connectivity index (χ1v) is 20.1. The van der Waals surface area contributed by atoms with Gasteiger partial charge >= 0.3 is 23.9 Å². The van der Waals surface area contributed by atoms with Gasteiger partial charge in [-0.25, -0.2) is 19.2 Å². The fourth-order valence-corrected chi connectivity index (χ4v) is 13.9. The zero-order valence-electron chi connectivity index (χ0n) is 32.9. The maximum Gasteiger partial charge on any atom is 0.339 e. The van der Waals surface area contributed by atoms with E-state index in [9.17, 15) is 29.4 Å². The van der Waals surface area contributed by atoms with Crippen molar-refractivity contribution in [2.75, 3.05) is 6.61 Å². The topological polar surface area (TPSA) is 127 Å². The second-order valence-electron chi connectivity index (χ2n) is 19.1. The average Bonchev–Trinajstić information content (AvgIpc) is 3.52. The van der Waals surface area contributed by atoms with E-state index in [1.807, 2.05) is 0 Å². The Morgan fingerprint density at radius 3 is 1.87 bits per heavy atom. The van der Waals surface area contributed by atoms with Crippen LogP contribution in [0.2, 0.25) is 0 Å². The molecule has 54 heavy (non-hydrogen) atoms. The van der Waals surface area contributed by atoms with Crippen LogP contribution in [0.3, 0.4) is 0 Å². The van der Waals surface area contributed by atoms with Gasteiger partial charge in [0.15, 0.2) is 0 Å². The van der Waals surface area contributed by atoms with Gasteiger partial charge in [0.2, 0.25) is 0 Å². The molecular weight excluding hydrogens is 680 g/mol. The standard InChI is InChI=1S/C46H58O8/c1-27(2)28-18-23-46(26-53-40(51)31-14-10-8-12-29(31)38(47)48)25-24-44(6)33(37(28)46)16-17-35-43(5)21-20-36(42(3,4)34(43)19-22-45(35,44)7)54-41(52)32-15-11-9-13-30(32)39(49)50/h8-15,28,33-37H,1,16-26H2,2-7H3,(H,47,48)(H,49,50)/t28-,33+,34+,35-,36-,37+,43-,44+,45-,46-/m0/s1. The summed E-state index contributed by atoms with van der Waals surface area (Å²) in [4.78, 5) is 50.7. The second-order valence-corrected chi connectivity index (χ2v) is 19.1. The van der Waals surface area contributed by atoms with Gasteiger partial charge in [0.1, 0.15) is 6.10 Å². The van der Waals surface area contributed by atoms with Gasteiger partial charge in [-0.1, -0.05) is 71.0 Å². The third kappa shape index (κ3) is 5.67. The largest absolute Gasteiger partial charge is 0.478 e. The lowest BCUT2D eigenvalue weighted by molar-refractivity contribution is -0.249. The fraction of sp³-hybridized carbons (Fsp3) is 0.609. The van der Waals surface area contributed by atoms with Crippen molar-refractivity contribution in [1.29, 1.82) is 0 Å². The predicted octanol–water partition coefficient (Wildman–Crippen LogP) is 10.1. The van der Waals surface area contributed by atoms with E-state index in [1.165, 1.54) is 17.7 Å². The first kappa shape index (κ1) is 38.3. The van der Waals surface area contributed by atoms with Gasteiger partial charge in [0.05, 0.1) is 28.9 Å². The van der Waals surface area contributed by atoms with Crippen molar-refractivity contribution in [3.8, 4) is 0 Å². The molecule has 2 aromatic carbocycles. The molecule has 0 saturated heterocycles. The minimum Gasteiger partial charge on any atom is -0.478 e. The Morgan fingerprint density at radius 1 is 0.685 bits per heavy atom. The van der Waals surface area contributed by atoms with Crippen molar-refractivity contribution in [3.05, 3.63) is 82.9 Å². The molecule has 5 aliphatic rings. The molecule has 0 aromatic heterocycles. The Bertz CT molecular complexity index is 1880. The summed E-state index contributed by atoms with van der Waals surface area (Å²) in [5, 5.41) is 19.5. The van der Waals surface area contributed by atoms with Crippen molar-refractivity contribution < 1.29 is 38.9 Å². The highest BCUT2D eigenvalue weighted by molar-refractivity contribution is 6.03. The molecule has 8 nitrogen and oxygen atoms in total. The molecule has 2 aromatic rings. The molecule has 0 aliphatic heterocycles. The van der Waals surface area contributed by atoms with E-state index in [1.54, 1.807) is 36.4 Å². The molecule has 290 valence electrons. The molecule has 5 aliphatic carbocycles. The number of fused-ring (bicyclic) bond motifs is 7. The zero-order chi connectivity index (χ0) is 39.0. The molecule has 0 unspecified atom stereocenters. The maximum atomic E-state index is 13.5. The Balaban J connectivity index is 1.14. The van der Waals surface area contributed by atoms with E-state index in [-0.39, 0.29) is 55.4 Å². The second kappa shape index (κ2) is 13.4. The molecule has 10 atom stereocenters. The summed E-state index contributed by atoms with van der Waals surface area (Å²) in [7, 11) is 0. The monoisotopic (exact) mass is 738 g/mol. The fourth-order valence-electron chi connectivity index (χ4n) is 13.9. The number of esters is 2. The van der Waals surface area contributed by atoms with E-state index in [2.05, 4.69) is 48.1 Å². The average molecular weight is 739 g/mol. The Hall–Kier alpha value is -3.94. The number of hydrogen-bond acceptors (Lipinski definition) is 6. The van der Waals surface area contributed by atoms with Crippen molar-refractivity contribution in [2.24, 2.45) is 56.7 Å². The van der Waals surface area contributed by atoms with E-state index in [0.717, 1.165) is 64.2 Å². The van der Waals surface area contributed by atoms with Crippen LogP contribution < -0.4 is 0 Å². The van der Waals surface area contributed by atoms with Crippen LogP contribution in [-0.4, -0.2) is 46.8 Å². The summed E-state index contributed by atoms with van der Waals surface area (Å²) >= 11 is 0. The van der Waals surface area contributed by atoms with Crippen LogP contribution in [0.15, 0.2) is 60.7 Å². The van der Waals surface area contributed by atoms with Crippen molar-refractivity contribution in [1.82, 2.24) is 0 Å². The lowest BCUT2D eigenvalue weighted by Crippen LogP contribution is -2.67. The van der Waals surface area contributed by atoms with E-state index >= 15 is 0 Å². The van der Waals surface area contributed by atoms with Crippen LogP contribution in [0.25, 0.3) is 0 Å². The van der Waals surface area contributed by atoms with Crippen LogP contribution in [0.5, 0.6) is 0 Å². The highest BCUT2D eigenvalue weighted by Crippen LogP contribution is 2.77. The Labute approximate surface area is 320 Å². The number of carboxylic acids is 2. The predicted molar refractivity (Wildman–Crippen MR) is 205 cm³/mol. The number of rotatable bonds is 8. The van der Waals surface area contributed by atoms with E-state index in [4.69, 9.17) is 9.47 Å². The number of allylic oxidation sites excluding steroid dienone is 1. The van der Waals surface area contributed by atoms with Gasteiger partial charge in [0, 0.05) is 10.8 Å². The quantitative estimate of drug-likeness (QED) is 0.202. The lowest BCUT2D eigenvalue weighted by atomic mass is 9.32. The molecule has 2 N–H and O–H groups in total. The van der Waals surface area contributed by atoms with Gasteiger partial charge in [-0.2, -0.15) is 0 Å². The molecule has 5 saturated carbocycles. The smallest absolute Gasteiger partial charge is 0.339 e. The zero-order valence-corrected chi connectivity index (χ0v) is 32.9. The molecule has 7 rings (SSSR count). The molecule has 0 bridgehead atoms. The summed E-state index contributed by atoms with van der Waals surface area (Å²) in [5.41, 5.74) is 1.09. The summed E-state index contributed by atoms with van der Waals surface area (Å²) in [6.45, 7) is 19.1. The number of benzene rings is 2. The lowest BCUT2D eigenvalue weighted by Gasteiger charge is -2.73. The molecule has 8 heteroatoms. The summed E-state index contributed by atoms with van der Waals surface area (Å²) in [6, 6.07) is 12.6. The van der Waals surface area contributed by atoms with Gasteiger partial charge in [-0.3, -0.25) is 0 Å².